The minimum absolute atomic E-state index is 0.0357. The molecule has 3 aliphatic rings. The summed E-state index contributed by atoms with van der Waals surface area (Å²) < 4.78 is 5.40. The Hall–Kier alpha value is -3.10. The van der Waals surface area contributed by atoms with E-state index in [4.69, 9.17) is 4.74 Å². The van der Waals surface area contributed by atoms with Gasteiger partial charge in [-0.3, -0.25) is 19.3 Å². The molecule has 2 fully saturated rings. The van der Waals surface area contributed by atoms with Crippen LogP contribution in [0.2, 0.25) is 0 Å². The molecule has 2 heterocycles. The van der Waals surface area contributed by atoms with E-state index in [0.29, 0.717) is 37.2 Å². The van der Waals surface area contributed by atoms with Crippen molar-refractivity contribution in [1.82, 2.24) is 15.5 Å². The summed E-state index contributed by atoms with van der Waals surface area (Å²) in [6.07, 6.45) is 3.95. The number of carbonyl (C=O) groups excluding carboxylic acids is 4. The van der Waals surface area contributed by atoms with Gasteiger partial charge >= 0.3 is 6.03 Å². The molecule has 1 aromatic carbocycles. The van der Waals surface area contributed by atoms with Crippen molar-refractivity contribution >= 4 is 29.4 Å². The number of rotatable bonds is 7. The second-order valence-corrected chi connectivity index (χ2v) is 7.93. The molecule has 5 amide bonds. The molecule has 2 aliphatic heterocycles. The van der Waals surface area contributed by atoms with Crippen molar-refractivity contribution in [3.8, 4) is 5.75 Å². The zero-order chi connectivity index (χ0) is 21.1. The van der Waals surface area contributed by atoms with Gasteiger partial charge < -0.3 is 20.3 Å². The summed E-state index contributed by atoms with van der Waals surface area (Å²) in [4.78, 5) is 51.9. The lowest BCUT2D eigenvalue weighted by Gasteiger charge is -2.29. The molecule has 0 radical (unpaired) electrons. The van der Waals surface area contributed by atoms with Gasteiger partial charge in [0.25, 0.3) is 11.8 Å². The number of hydrogen-bond acceptors (Lipinski definition) is 5. The van der Waals surface area contributed by atoms with Gasteiger partial charge in [0.2, 0.25) is 5.91 Å². The lowest BCUT2D eigenvalue weighted by atomic mass is 9.98. The van der Waals surface area contributed by atoms with Crippen LogP contribution in [0.3, 0.4) is 0 Å². The topological polar surface area (TPSA) is 108 Å². The molecule has 0 bridgehead atoms. The third-order valence-corrected chi connectivity index (χ3v) is 5.95. The van der Waals surface area contributed by atoms with Crippen LogP contribution in [-0.2, 0) is 14.4 Å². The van der Waals surface area contributed by atoms with E-state index >= 15 is 0 Å². The van der Waals surface area contributed by atoms with E-state index in [1.54, 1.807) is 17.0 Å². The van der Waals surface area contributed by atoms with Crippen LogP contribution in [0.5, 0.6) is 5.75 Å². The summed E-state index contributed by atoms with van der Waals surface area (Å²) in [6.45, 7) is 0.866. The number of amides is 5. The Morgan fingerprint density at radius 1 is 1.10 bits per heavy atom. The summed E-state index contributed by atoms with van der Waals surface area (Å²) >= 11 is 0. The number of ether oxygens (including phenoxy) is 1. The van der Waals surface area contributed by atoms with Crippen LogP contribution in [0.25, 0.3) is 0 Å². The molecule has 1 aromatic rings. The Morgan fingerprint density at radius 3 is 2.67 bits per heavy atom. The molecule has 0 unspecified atom stereocenters. The highest BCUT2D eigenvalue weighted by atomic mass is 16.5. The molecule has 30 heavy (non-hydrogen) atoms. The third kappa shape index (κ3) is 3.83. The highest BCUT2D eigenvalue weighted by Gasteiger charge is 2.51. The minimum atomic E-state index is -0.693. The summed E-state index contributed by atoms with van der Waals surface area (Å²) in [6, 6.07) is 6.90. The number of urea groups is 1. The standard InChI is InChI=1S/C21H26N4O5/c26-17(8-13-24-15-6-1-2-7-16(15)30-14-18(24)27)22-11-5-12-25-19(28)21(23-20(25)29)9-3-4-10-21/h1-2,6-7H,3-5,8-14H2,(H,22,26)(H,23,29). The van der Waals surface area contributed by atoms with Crippen molar-refractivity contribution < 1.29 is 23.9 Å². The smallest absolute Gasteiger partial charge is 0.325 e. The van der Waals surface area contributed by atoms with Gasteiger partial charge in [-0.15, -0.1) is 0 Å². The van der Waals surface area contributed by atoms with Crippen LogP contribution < -0.4 is 20.3 Å². The van der Waals surface area contributed by atoms with Crippen LogP contribution in [0, 0.1) is 0 Å². The molecular weight excluding hydrogens is 388 g/mol. The van der Waals surface area contributed by atoms with E-state index in [1.807, 2.05) is 12.1 Å². The van der Waals surface area contributed by atoms with E-state index < -0.39 is 5.54 Å². The number of para-hydroxylation sites is 2. The molecule has 1 aliphatic carbocycles. The largest absolute Gasteiger partial charge is 0.482 e. The summed E-state index contributed by atoms with van der Waals surface area (Å²) in [5.41, 5.74) is -0.0256. The minimum Gasteiger partial charge on any atom is -0.482 e. The van der Waals surface area contributed by atoms with E-state index in [9.17, 15) is 19.2 Å². The first-order valence-electron chi connectivity index (χ1n) is 10.4. The Morgan fingerprint density at radius 2 is 1.87 bits per heavy atom. The zero-order valence-electron chi connectivity index (χ0n) is 16.8. The van der Waals surface area contributed by atoms with Crippen LogP contribution >= 0.6 is 0 Å². The van der Waals surface area contributed by atoms with Crippen LogP contribution in [0.15, 0.2) is 24.3 Å². The van der Waals surface area contributed by atoms with Gasteiger partial charge in [0.1, 0.15) is 11.3 Å². The second-order valence-electron chi connectivity index (χ2n) is 7.93. The van der Waals surface area contributed by atoms with E-state index in [2.05, 4.69) is 10.6 Å². The van der Waals surface area contributed by atoms with E-state index in [-0.39, 0.29) is 49.9 Å². The average molecular weight is 414 g/mol. The molecule has 9 heteroatoms. The fraction of sp³-hybridized carbons (Fsp3) is 0.524. The third-order valence-electron chi connectivity index (χ3n) is 5.95. The summed E-state index contributed by atoms with van der Waals surface area (Å²) in [5.74, 6) is 0.129. The van der Waals surface area contributed by atoms with Gasteiger partial charge in [0.05, 0.1) is 5.69 Å². The fourth-order valence-electron chi connectivity index (χ4n) is 4.36. The Labute approximate surface area is 174 Å². The molecule has 1 saturated carbocycles. The average Bonchev–Trinajstić information content (AvgIpc) is 3.30. The molecule has 1 saturated heterocycles. The van der Waals surface area contributed by atoms with Gasteiger partial charge in [0, 0.05) is 26.1 Å². The Bertz CT molecular complexity index is 865. The van der Waals surface area contributed by atoms with Crippen LogP contribution in [0.1, 0.15) is 38.5 Å². The van der Waals surface area contributed by atoms with Gasteiger partial charge in [-0.1, -0.05) is 25.0 Å². The normalized spacial score (nSPS) is 19.7. The number of carbonyl (C=O) groups is 4. The molecule has 2 N–H and O–H groups in total. The quantitative estimate of drug-likeness (QED) is 0.514. The number of benzene rings is 1. The molecule has 0 atom stereocenters. The number of nitrogens with one attached hydrogen (secondary N) is 2. The molecule has 160 valence electrons. The Kier molecular flexibility index (Phi) is 5.61. The van der Waals surface area contributed by atoms with Gasteiger partial charge in [-0.2, -0.15) is 0 Å². The first-order chi connectivity index (χ1) is 14.5. The number of hydrogen-bond donors (Lipinski definition) is 2. The number of nitrogens with zero attached hydrogens (tertiary/aromatic N) is 2. The summed E-state index contributed by atoms with van der Waals surface area (Å²) in [7, 11) is 0. The fourth-order valence-corrected chi connectivity index (χ4v) is 4.36. The van der Waals surface area contributed by atoms with Gasteiger partial charge in [0.15, 0.2) is 6.61 Å². The van der Waals surface area contributed by atoms with Crippen LogP contribution in [0.4, 0.5) is 10.5 Å². The lowest BCUT2D eigenvalue weighted by molar-refractivity contribution is -0.131. The number of anilines is 1. The number of fused-ring (bicyclic) bond motifs is 1. The van der Waals surface area contributed by atoms with E-state index in [0.717, 1.165) is 12.8 Å². The SMILES string of the molecule is O=C(CCN1C(=O)COc2ccccc21)NCCCN1C(=O)NC2(CCCC2)C1=O. The predicted octanol–water partition coefficient (Wildman–Crippen LogP) is 1.17. The van der Waals surface area contributed by atoms with Crippen molar-refractivity contribution in [1.29, 1.82) is 0 Å². The lowest BCUT2D eigenvalue weighted by Crippen LogP contribution is -2.44. The monoisotopic (exact) mass is 414 g/mol. The van der Waals surface area contributed by atoms with Crippen molar-refractivity contribution in [3.63, 3.8) is 0 Å². The van der Waals surface area contributed by atoms with Gasteiger partial charge in [-0.25, -0.2) is 4.79 Å². The zero-order valence-corrected chi connectivity index (χ0v) is 16.8. The predicted molar refractivity (Wildman–Crippen MR) is 108 cm³/mol. The van der Waals surface area contributed by atoms with Crippen LogP contribution in [-0.4, -0.2) is 60.4 Å². The van der Waals surface area contributed by atoms with Crippen molar-refractivity contribution in [2.45, 2.75) is 44.1 Å². The maximum atomic E-state index is 12.6. The molecular formula is C21H26N4O5. The van der Waals surface area contributed by atoms with Crippen molar-refractivity contribution in [3.05, 3.63) is 24.3 Å². The van der Waals surface area contributed by atoms with Crippen molar-refractivity contribution in [2.24, 2.45) is 0 Å². The molecule has 0 aromatic heterocycles. The molecule has 9 nitrogen and oxygen atoms in total. The summed E-state index contributed by atoms with van der Waals surface area (Å²) in [5, 5.41) is 5.65. The highest BCUT2D eigenvalue weighted by molar-refractivity contribution is 6.07. The van der Waals surface area contributed by atoms with Crippen molar-refractivity contribution in [2.75, 3.05) is 31.1 Å². The number of imide groups is 1. The first kappa shape index (κ1) is 20.2. The molecule has 4 rings (SSSR count). The molecule has 1 spiro atoms. The highest BCUT2D eigenvalue weighted by Crippen LogP contribution is 2.35. The second kappa shape index (κ2) is 8.33. The Balaban J connectivity index is 1.20. The van der Waals surface area contributed by atoms with Gasteiger partial charge in [-0.05, 0) is 31.4 Å². The first-order valence-corrected chi connectivity index (χ1v) is 10.4. The maximum absolute atomic E-state index is 12.6. The van der Waals surface area contributed by atoms with E-state index in [1.165, 1.54) is 4.90 Å². The maximum Gasteiger partial charge on any atom is 0.325 e.